The first-order valence-electron chi connectivity index (χ1n) is 7.25. The number of fused-ring (bicyclic) bond motifs is 1. The Bertz CT molecular complexity index is 826. The second-order valence-electron chi connectivity index (χ2n) is 5.45. The smallest absolute Gasteiger partial charge is 0.238 e. The minimum atomic E-state index is -0.486. The molecule has 0 bridgehead atoms. The number of thioether (sulfide) groups is 1. The molecule has 1 aliphatic rings. The van der Waals surface area contributed by atoms with E-state index in [1.807, 2.05) is 19.1 Å². The standard InChI is InChI=1S/C17H14Cl2N2O2S/c1-9-2-4-11(7-12(9)19)20-16(22)8-15-17(23)21-13-6-10(18)3-5-14(13)24-15/h2-7,15H,8H2,1H3,(H,20,22)(H,21,23). The van der Waals surface area contributed by atoms with Gasteiger partial charge >= 0.3 is 0 Å². The predicted octanol–water partition coefficient (Wildman–Crippen LogP) is 4.74. The summed E-state index contributed by atoms with van der Waals surface area (Å²) >= 11 is 13.3. The Hall–Kier alpha value is -1.69. The molecular formula is C17H14Cl2N2O2S. The molecule has 0 fully saturated rings. The highest BCUT2D eigenvalue weighted by Gasteiger charge is 2.29. The molecule has 2 N–H and O–H groups in total. The van der Waals surface area contributed by atoms with Crippen LogP contribution in [0.4, 0.5) is 11.4 Å². The summed E-state index contributed by atoms with van der Waals surface area (Å²) in [5.41, 5.74) is 2.23. The van der Waals surface area contributed by atoms with Crippen LogP contribution in [0.3, 0.4) is 0 Å². The predicted molar refractivity (Wildman–Crippen MR) is 99.2 cm³/mol. The van der Waals surface area contributed by atoms with E-state index >= 15 is 0 Å². The molecular weight excluding hydrogens is 367 g/mol. The largest absolute Gasteiger partial charge is 0.326 e. The third kappa shape index (κ3) is 3.86. The molecule has 2 amide bonds. The zero-order chi connectivity index (χ0) is 17.3. The number of halogens is 2. The van der Waals surface area contributed by atoms with Gasteiger partial charge in [0.25, 0.3) is 0 Å². The number of amides is 2. The van der Waals surface area contributed by atoms with Crippen LogP contribution >= 0.6 is 35.0 Å². The maximum Gasteiger partial charge on any atom is 0.238 e. The van der Waals surface area contributed by atoms with E-state index in [-0.39, 0.29) is 18.2 Å². The zero-order valence-electron chi connectivity index (χ0n) is 12.7. The topological polar surface area (TPSA) is 58.2 Å². The number of hydrogen-bond donors (Lipinski definition) is 2. The minimum Gasteiger partial charge on any atom is -0.326 e. The summed E-state index contributed by atoms with van der Waals surface area (Å²) < 4.78 is 0. The molecule has 24 heavy (non-hydrogen) atoms. The van der Waals surface area contributed by atoms with Crippen LogP contribution in [0.5, 0.6) is 0 Å². The highest BCUT2D eigenvalue weighted by atomic mass is 35.5. The fourth-order valence-corrected chi connectivity index (χ4v) is 3.75. The molecule has 0 saturated carbocycles. The quantitative estimate of drug-likeness (QED) is 0.807. The summed E-state index contributed by atoms with van der Waals surface area (Å²) in [5.74, 6) is -0.438. The number of nitrogens with one attached hydrogen (secondary N) is 2. The van der Waals surface area contributed by atoms with Crippen LogP contribution in [0, 0.1) is 6.92 Å². The minimum absolute atomic E-state index is 0.0735. The van der Waals surface area contributed by atoms with E-state index in [1.165, 1.54) is 11.8 Å². The van der Waals surface area contributed by atoms with Crippen molar-refractivity contribution in [3.05, 3.63) is 52.0 Å². The lowest BCUT2D eigenvalue weighted by atomic mass is 10.2. The van der Waals surface area contributed by atoms with Crippen molar-refractivity contribution >= 4 is 58.2 Å². The van der Waals surface area contributed by atoms with Crippen molar-refractivity contribution in [3.8, 4) is 0 Å². The van der Waals surface area contributed by atoms with E-state index in [0.29, 0.717) is 21.4 Å². The van der Waals surface area contributed by atoms with Crippen molar-refractivity contribution in [2.75, 3.05) is 10.6 Å². The third-order valence-electron chi connectivity index (χ3n) is 3.59. The molecule has 1 heterocycles. The van der Waals surface area contributed by atoms with Crippen molar-refractivity contribution in [2.45, 2.75) is 23.5 Å². The van der Waals surface area contributed by atoms with Gasteiger partial charge in [-0.05, 0) is 42.8 Å². The lowest BCUT2D eigenvalue weighted by Crippen LogP contribution is -2.32. The first-order valence-corrected chi connectivity index (χ1v) is 8.89. The van der Waals surface area contributed by atoms with E-state index < -0.39 is 5.25 Å². The molecule has 1 unspecified atom stereocenters. The molecule has 1 atom stereocenters. The number of anilines is 2. The van der Waals surface area contributed by atoms with Crippen LogP contribution in [0.15, 0.2) is 41.3 Å². The molecule has 7 heteroatoms. The fourth-order valence-electron chi connectivity index (χ4n) is 2.31. The van der Waals surface area contributed by atoms with E-state index in [1.54, 1.807) is 24.3 Å². The van der Waals surface area contributed by atoms with Crippen LogP contribution in [0.25, 0.3) is 0 Å². The van der Waals surface area contributed by atoms with Crippen LogP contribution in [-0.2, 0) is 9.59 Å². The Balaban J connectivity index is 1.67. The fraction of sp³-hybridized carbons (Fsp3) is 0.176. The molecule has 4 nitrogen and oxygen atoms in total. The number of carbonyl (C=O) groups is 2. The summed E-state index contributed by atoms with van der Waals surface area (Å²) in [6.45, 7) is 1.89. The Morgan fingerprint density at radius 1 is 1.25 bits per heavy atom. The highest BCUT2D eigenvalue weighted by Crippen LogP contribution is 2.38. The molecule has 0 aromatic heterocycles. The molecule has 0 radical (unpaired) electrons. The van der Waals surface area contributed by atoms with Crippen LogP contribution in [0.1, 0.15) is 12.0 Å². The van der Waals surface area contributed by atoms with Gasteiger partial charge in [-0.1, -0.05) is 29.3 Å². The van der Waals surface area contributed by atoms with Gasteiger partial charge in [0.2, 0.25) is 11.8 Å². The second kappa shape index (κ2) is 7.05. The Morgan fingerprint density at radius 3 is 2.79 bits per heavy atom. The molecule has 2 aromatic rings. The molecule has 124 valence electrons. The van der Waals surface area contributed by atoms with E-state index in [0.717, 1.165) is 10.5 Å². The monoisotopic (exact) mass is 380 g/mol. The number of benzene rings is 2. The van der Waals surface area contributed by atoms with Gasteiger partial charge in [0.1, 0.15) is 0 Å². The van der Waals surface area contributed by atoms with Gasteiger partial charge in [-0.3, -0.25) is 9.59 Å². The maximum atomic E-state index is 12.2. The Labute approximate surface area is 153 Å². The lowest BCUT2D eigenvalue weighted by molar-refractivity contribution is -0.120. The van der Waals surface area contributed by atoms with Gasteiger partial charge < -0.3 is 10.6 Å². The van der Waals surface area contributed by atoms with Gasteiger partial charge in [0, 0.05) is 27.0 Å². The lowest BCUT2D eigenvalue weighted by Gasteiger charge is -2.23. The Morgan fingerprint density at radius 2 is 2.04 bits per heavy atom. The van der Waals surface area contributed by atoms with Crippen molar-refractivity contribution < 1.29 is 9.59 Å². The van der Waals surface area contributed by atoms with E-state index in [9.17, 15) is 9.59 Å². The molecule has 0 aliphatic carbocycles. The van der Waals surface area contributed by atoms with Crippen molar-refractivity contribution in [2.24, 2.45) is 0 Å². The van der Waals surface area contributed by atoms with Crippen molar-refractivity contribution in [3.63, 3.8) is 0 Å². The molecule has 0 saturated heterocycles. The maximum absolute atomic E-state index is 12.2. The molecule has 0 spiro atoms. The van der Waals surface area contributed by atoms with Gasteiger partial charge in [-0.15, -0.1) is 11.8 Å². The normalized spacial score (nSPS) is 16.3. The molecule has 2 aromatic carbocycles. The average Bonchev–Trinajstić information content (AvgIpc) is 2.52. The van der Waals surface area contributed by atoms with Gasteiger partial charge in [0.15, 0.2) is 0 Å². The first kappa shape index (κ1) is 17.1. The summed E-state index contributed by atoms with van der Waals surface area (Å²) in [6, 6.07) is 10.6. The molecule has 3 rings (SSSR count). The first-order chi connectivity index (χ1) is 11.4. The average molecular weight is 381 g/mol. The highest BCUT2D eigenvalue weighted by molar-refractivity contribution is 8.01. The Kier molecular flexibility index (Phi) is 5.04. The van der Waals surface area contributed by atoms with E-state index in [4.69, 9.17) is 23.2 Å². The summed E-state index contributed by atoms with van der Waals surface area (Å²) in [6.07, 6.45) is 0.0735. The molecule has 1 aliphatic heterocycles. The van der Waals surface area contributed by atoms with E-state index in [2.05, 4.69) is 10.6 Å². The number of hydrogen-bond acceptors (Lipinski definition) is 3. The van der Waals surface area contributed by atoms with Crippen molar-refractivity contribution in [1.82, 2.24) is 0 Å². The summed E-state index contributed by atoms with van der Waals surface area (Å²) in [7, 11) is 0. The van der Waals surface area contributed by atoms with Crippen LogP contribution in [-0.4, -0.2) is 17.1 Å². The summed E-state index contributed by atoms with van der Waals surface area (Å²) in [5, 5.41) is 6.22. The summed E-state index contributed by atoms with van der Waals surface area (Å²) in [4.78, 5) is 25.3. The van der Waals surface area contributed by atoms with Crippen molar-refractivity contribution in [1.29, 1.82) is 0 Å². The number of aryl methyl sites for hydroxylation is 1. The van der Waals surface area contributed by atoms with Crippen LogP contribution < -0.4 is 10.6 Å². The number of rotatable bonds is 3. The van der Waals surface area contributed by atoms with Gasteiger partial charge in [-0.2, -0.15) is 0 Å². The van der Waals surface area contributed by atoms with Crippen LogP contribution in [0.2, 0.25) is 10.0 Å². The second-order valence-corrected chi connectivity index (χ2v) is 7.54. The third-order valence-corrected chi connectivity index (χ3v) is 5.51. The zero-order valence-corrected chi connectivity index (χ0v) is 15.1. The number of carbonyl (C=O) groups excluding carboxylic acids is 2. The van der Waals surface area contributed by atoms with Gasteiger partial charge in [0.05, 0.1) is 10.9 Å². The van der Waals surface area contributed by atoms with Gasteiger partial charge in [-0.25, -0.2) is 0 Å². The SMILES string of the molecule is Cc1ccc(NC(=O)CC2Sc3ccc(Cl)cc3NC2=O)cc1Cl.